The number of aromatic nitrogens is 1. The molecule has 1 aromatic heterocycles. The van der Waals surface area contributed by atoms with Crippen molar-refractivity contribution in [2.75, 3.05) is 31.3 Å². The lowest BCUT2D eigenvalue weighted by Gasteiger charge is -2.08. The molecule has 0 radical (unpaired) electrons. The Labute approximate surface area is 122 Å². The number of nitrogen functional groups attached to an aromatic ring is 1. The number of nitrogens with zero attached hydrogens (tertiary/aromatic N) is 1. The Balaban J connectivity index is 1.92. The Kier molecular flexibility index (Phi) is 5.06. The standard InChI is InChI=1S/C14H19N3O2S/c1-3-19-12-13(15)17-20-14(12)16-8-7-10-5-4-6-11(9-10)18-2/h4-6,9,16H,3,7-8H2,1-2H3,(H2,15,17). The second-order valence-corrected chi connectivity index (χ2v) is 4.96. The van der Waals surface area contributed by atoms with Crippen LogP contribution in [0.3, 0.4) is 0 Å². The lowest BCUT2D eigenvalue weighted by atomic mass is 10.1. The third-order valence-corrected chi connectivity index (χ3v) is 3.60. The lowest BCUT2D eigenvalue weighted by Crippen LogP contribution is -2.05. The molecule has 20 heavy (non-hydrogen) atoms. The molecule has 108 valence electrons. The molecule has 0 fully saturated rings. The van der Waals surface area contributed by atoms with Crippen molar-refractivity contribution in [1.29, 1.82) is 0 Å². The van der Waals surface area contributed by atoms with Crippen LogP contribution in [0.4, 0.5) is 10.8 Å². The normalized spacial score (nSPS) is 10.3. The summed E-state index contributed by atoms with van der Waals surface area (Å²) in [6, 6.07) is 8.04. The Bertz CT molecular complexity index is 557. The highest BCUT2D eigenvalue weighted by atomic mass is 32.1. The van der Waals surface area contributed by atoms with Crippen molar-refractivity contribution >= 4 is 22.4 Å². The highest BCUT2D eigenvalue weighted by Crippen LogP contribution is 2.34. The third kappa shape index (κ3) is 3.54. The number of nitrogens with one attached hydrogen (secondary N) is 1. The quantitative estimate of drug-likeness (QED) is 0.821. The summed E-state index contributed by atoms with van der Waals surface area (Å²) in [4.78, 5) is 0. The molecule has 0 saturated heterocycles. The van der Waals surface area contributed by atoms with E-state index >= 15 is 0 Å². The first-order valence-electron chi connectivity index (χ1n) is 6.49. The van der Waals surface area contributed by atoms with Crippen LogP contribution in [0.1, 0.15) is 12.5 Å². The molecule has 0 aliphatic heterocycles. The largest absolute Gasteiger partial charge is 0.497 e. The number of benzene rings is 1. The van der Waals surface area contributed by atoms with E-state index in [0.717, 1.165) is 23.7 Å². The predicted octanol–water partition coefficient (Wildman–Crippen LogP) is 2.79. The number of ether oxygens (including phenoxy) is 2. The third-order valence-electron chi connectivity index (χ3n) is 2.80. The van der Waals surface area contributed by atoms with E-state index < -0.39 is 0 Å². The van der Waals surface area contributed by atoms with Crippen LogP contribution in [0.25, 0.3) is 0 Å². The van der Waals surface area contributed by atoms with Crippen LogP contribution in [0.15, 0.2) is 24.3 Å². The highest BCUT2D eigenvalue weighted by Gasteiger charge is 2.11. The molecule has 2 rings (SSSR count). The summed E-state index contributed by atoms with van der Waals surface area (Å²) in [5.41, 5.74) is 6.98. The molecule has 0 spiro atoms. The molecular weight excluding hydrogens is 274 g/mol. The molecule has 0 aliphatic carbocycles. The Morgan fingerprint density at radius 3 is 3.00 bits per heavy atom. The van der Waals surface area contributed by atoms with E-state index in [9.17, 15) is 0 Å². The van der Waals surface area contributed by atoms with Gasteiger partial charge in [0.15, 0.2) is 16.6 Å². The average Bonchev–Trinajstić information content (AvgIpc) is 2.81. The van der Waals surface area contributed by atoms with Crippen LogP contribution in [0.2, 0.25) is 0 Å². The topological polar surface area (TPSA) is 69.4 Å². The monoisotopic (exact) mass is 293 g/mol. The Morgan fingerprint density at radius 2 is 2.25 bits per heavy atom. The van der Waals surface area contributed by atoms with E-state index in [4.69, 9.17) is 15.2 Å². The van der Waals surface area contributed by atoms with Gasteiger partial charge in [-0.15, -0.1) is 0 Å². The fourth-order valence-electron chi connectivity index (χ4n) is 1.84. The van der Waals surface area contributed by atoms with Gasteiger partial charge in [-0.05, 0) is 42.6 Å². The molecule has 2 aromatic rings. The molecule has 0 bridgehead atoms. The first-order chi connectivity index (χ1) is 9.74. The summed E-state index contributed by atoms with van der Waals surface area (Å²) in [6.07, 6.45) is 0.889. The van der Waals surface area contributed by atoms with Crippen molar-refractivity contribution in [3.8, 4) is 11.5 Å². The molecule has 5 nitrogen and oxygen atoms in total. The molecule has 1 heterocycles. The summed E-state index contributed by atoms with van der Waals surface area (Å²) in [6.45, 7) is 3.29. The number of hydrogen-bond donors (Lipinski definition) is 2. The second-order valence-electron chi connectivity index (χ2n) is 4.19. The smallest absolute Gasteiger partial charge is 0.197 e. The van der Waals surface area contributed by atoms with Crippen LogP contribution in [0, 0.1) is 0 Å². The molecule has 1 aromatic carbocycles. The fourth-order valence-corrected chi connectivity index (χ4v) is 2.52. The number of hydrogen-bond acceptors (Lipinski definition) is 6. The first-order valence-corrected chi connectivity index (χ1v) is 7.26. The van der Waals surface area contributed by atoms with Gasteiger partial charge >= 0.3 is 0 Å². The van der Waals surface area contributed by atoms with E-state index in [1.807, 2.05) is 25.1 Å². The number of methoxy groups -OCH3 is 1. The van der Waals surface area contributed by atoms with Gasteiger partial charge in [-0.25, -0.2) is 0 Å². The van der Waals surface area contributed by atoms with Gasteiger partial charge in [0, 0.05) is 6.54 Å². The molecule has 0 amide bonds. The Morgan fingerprint density at radius 1 is 1.40 bits per heavy atom. The van der Waals surface area contributed by atoms with Crippen molar-refractivity contribution in [2.45, 2.75) is 13.3 Å². The number of rotatable bonds is 7. The van der Waals surface area contributed by atoms with Gasteiger partial charge in [-0.1, -0.05) is 12.1 Å². The van der Waals surface area contributed by atoms with Crippen molar-refractivity contribution in [1.82, 2.24) is 4.37 Å². The van der Waals surface area contributed by atoms with E-state index in [1.165, 1.54) is 17.1 Å². The summed E-state index contributed by atoms with van der Waals surface area (Å²) in [7, 11) is 1.67. The molecular formula is C14H19N3O2S. The van der Waals surface area contributed by atoms with E-state index in [0.29, 0.717) is 18.2 Å². The maximum Gasteiger partial charge on any atom is 0.197 e. The molecule has 3 N–H and O–H groups in total. The zero-order valence-corrected chi connectivity index (χ0v) is 12.5. The SMILES string of the molecule is CCOc1c(N)nsc1NCCc1cccc(OC)c1. The molecule has 6 heteroatoms. The van der Waals surface area contributed by atoms with Crippen molar-refractivity contribution in [2.24, 2.45) is 0 Å². The molecule has 0 saturated carbocycles. The summed E-state index contributed by atoms with van der Waals surface area (Å²) >= 11 is 1.32. The van der Waals surface area contributed by atoms with Gasteiger partial charge in [0.25, 0.3) is 0 Å². The van der Waals surface area contributed by atoms with E-state index in [2.05, 4.69) is 15.8 Å². The van der Waals surface area contributed by atoms with Crippen LogP contribution in [-0.2, 0) is 6.42 Å². The number of nitrogens with two attached hydrogens (primary N) is 1. The minimum atomic E-state index is 0.445. The van der Waals surface area contributed by atoms with Crippen LogP contribution in [-0.4, -0.2) is 24.6 Å². The van der Waals surface area contributed by atoms with E-state index in [-0.39, 0.29) is 0 Å². The van der Waals surface area contributed by atoms with Gasteiger partial charge in [-0.2, -0.15) is 4.37 Å². The maximum absolute atomic E-state index is 5.77. The summed E-state index contributed by atoms with van der Waals surface area (Å²) in [5.74, 6) is 1.98. The van der Waals surface area contributed by atoms with Crippen molar-refractivity contribution in [3.05, 3.63) is 29.8 Å². The van der Waals surface area contributed by atoms with Gasteiger partial charge in [0.05, 0.1) is 13.7 Å². The highest BCUT2D eigenvalue weighted by molar-refractivity contribution is 7.11. The predicted molar refractivity (Wildman–Crippen MR) is 82.9 cm³/mol. The van der Waals surface area contributed by atoms with Gasteiger partial charge in [0.1, 0.15) is 5.75 Å². The first kappa shape index (κ1) is 14.5. The lowest BCUT2D eigenvalue weighted by molar-refractivity contribution is 0.344. The summed E-state index contributed by atoms with van der Waals surface area (Å²) in [5, 5.41) is 4.20. The zero-order valence-electron chi connectivity index (χ0n) is 11.7. The van der Waals surface area contributed by atoms with Crippen LogP contribution < -0.4 is 20.5 Å². The van der Waals surface area contributed by atoms with Crippen LogP contribution in [0.5, 0.6) is 11.5 Å². The van der Waals surface area contributed by atoms with Crippen molar-refractivity contribution < 1.29 is 9.47 Å². The van der Waals surface area contributed by atoms with E-state index in [1.54, 1.807) is 7.11 Å². The van der Waals surface area contributed by atoms with Gasteiger partial charge in [0.2, 0.25) is 0 Å². The molecule has 0 atom stereocenters. The van der Waals surface area contributed by atoms with Crippen molar-refractivity contribution in [3.63, 3.8) is 0 Å². The van der Waals surface area contributed by atoms with Gasteiger partial charge < -0.3 is 20.5 Å². The fraction of sp³-hybridized carbons (Fsp3) is 0.357. The second kappa shape index (κ2) is 7.00. The average molecular weight is 293 g/mol. The Hall–Kier alpha value is -1.95. The zero-order chi connectivity index (χ0) is 14.4. The number of anilines is 2. The minimum absolute atomic E-state index is 0.445. The maximum atomic E-state index is 5.77. The minimum Gasteiger partial charge on any atom is -0.497 e. The molecule has 0 aliphatic rings. The van der Waals surface area contributed by atoms with Crippen LogP contribution >= 0.6 is 11.5 Å². The molecule has 0 unspecified atom stereocenters. The van der Waals surface area contributed by atoms with Gasteiger partial charge in [-0.3, -0.25) is 0 Å². The summed E-state index contributed by atoms with van der Waals surface area (Å²) < 4.78 is 14.8.